The van der Waals surface area contributed by atoms with Gasteiger partial charge in [0.05, 0.1) is 12.1 Å². The number of anilines is 2. The second-order valence-corrected chi connectivity index (χ2v) is 7.11. The molecule has 0 bridgehead atoms. The molecule has 1 aliphatic rings. The highest BCUT2D eigenvalue weighted by Gasteiger charge is 2.24. The molecule has 5 nitrogen and oxygen atoms in total. The Hall–Kier alpha value is -2.21. The molecule has 1 saturated heterocycles. The van der Waals surface area contributed by atoms with Gasteiger partial charge in [-0.3, -0.25) is 14.5 Å². The SMILES string of the molecule is CC(C)c1ccc(NC(=O)Cc2csc(N3CCCC3=O)n2)cc1. The van der Waals surface area contributed by atoms with Gasteiger partial charge in [0.15, 0.2) is 5.13 Å². The maximum Gasteiger partial charge on any atom is 0.230 e. The van der Waals surface area contributed by atoms with E-state index < -0.39 is 0 Å². The van der Waals surface area contributed by atoms with Crippen LogP contribution in [-0.4, -0.2) is 23.3 Å². The molecule has 0 unspecified atom stereocenters. The Labute approximate surface area is 145 Å². The zero-order valence-corrected chi connectivity index (χ0v) is 14.7. The molecule has 6 heteroatoms. The number of nitrogens with zero attached hydrogens (tertiary/aromatic N) is 2. The van der Waals surface area contributed by atoms with E-state index in [-0.39, 0.29) is 18.2 Å². The largest absolute Gasteiger partial charge is 0.326 e. The van der Waals surface area contributed by atoms with Crippen molar-refractivity contribution in [2.75, 3.05) is 16.8 Å². The van der Waals surface area contributed by atoms with Gasteiger partial charge in [0.1, 0.15) is 0 Å². The van der Waals surface area contributed by atoms with Gasteiger partial charge in [-0.25, -0.2) is 4.98 Å². The molecule has 0 saturated carbocycles. The van der Waals surface area contributed by atoms with E-state index in [1.165, 1.54) is 16.9 Å². The molecule has 1 N–H and O–H groups in total. The van der Waals surface area contributed by atoms with E-state index in [0.717, 1.165) is 18.7 Å². The molecule has 0 radical (unpaired) electrons. The van der Waals surface area contributed by atoms with Crippen molar-refractivity contribution in [1.82, 2.24) is 4.98 Å². The lowest BCUT2D eigenvalue weighted by Gasteiger charge is -2.10. The average Bonchev–Trinajstić information content (AvgIpc) is 3.16. The summed E-state index contributed by atoms with van der Waals surface area (Å²) >= 11 is 1.42. The van der Waals surface area contributed by atoms with Crippen LogP contribution < -0.4 is 10.2 Å². The summed E-state index contributed by atoms with van der Waals surface area (Å²) in [5.41, 5.74) is 2.73. The zero-order chi connectivity index (χ0) is 17.1. The summed E-state index contributed by atoms with van der Waals surface area (Å²) in [5, 5.41) is 5.43. The zero-order valence-electron chi connectivity index (χ0n) is 13.9. The van der Waals surface area contributed by atoms with Gasteiger partial charge in [-0.1, -0.05) is 26.0 Å². The Kier molecular flexibility index (Phi) is 4.94. The number of amides is 2. The molecule has 2 aromatic rings. The Morgan fingerprint density at radius 1 is 1.33 bits per heavy atom. The van der Waals surface area contributed by atoms with E-state index in [0.29, 0.717) is 23.2 Å². The van der Waals surface area contributed by atoms with Crippen molar-refractivity contribution in [2.24, 2.45) is 0 Å². The van der Waals surface area contributed by atoms with Crippen molar-refractivity contribution in [3.63, 3.8) is 0 Å². The number of nitrogens with one attached hydrogen (secondary N) is 1. The molecule has 1 aromatic heterocycles. The van der Waals surface area contributed by atoms with Gasteiger partial charge < -0.3 is 5.32 Å². The molecule has 0 atom stereocenters. The van der Waals surface area contributed by atoms with E-state index in [1.54, 1.807) is 4.90 Å². The molecular weight excluding hydrogens is 322 g/mol. The molecule has 1 aromatic carbocycles. The number of hydrogen-bond acceptors (Lipinski definition) is 4. The predicted octanol–water partition coefficient (Wildman–Crippen LogP) is 3.57. The lowest BCUT2D eigenvalue weighted by molar-refractivity contribution is -0.117. The maximum absolute atomic E-state index is 12.2. The van der Waals surface area contributed by atoms with Crippen LogP contribution >= 0.6 is 11.3 Å². The number of thiazole rings is 1. The van der Waals surface area contributed by atoms with Crippen LogP contribution in [0.15, 0.2) is 29.6 Å². The Balaban J connectivity index is 1.59. The first-order valence-corrected chi connectivity index (χ1v) is 9.05. The van der Waals surface area contributed by atoms with Gasteiger partial charge in [-0.2, -0.15) is 0 Å². The summed E-state index contributed by atoms with van der Waals surface area (Å²) in [4.78, 5) is 30.0. The van der Waals surface area contributed by atoms with Crippen LogP contribution in [0.3, 0.4) is 0 Å². The first-order valence-electron chi connectivity index (χ1n) is 8.17. The van der Waals surface area contributed by atoms with Crippen LogP contribution in [0.5, 0.6) is 0 Å². The molecular formula is C18H21N3O2S. The van der Waals surface area contributed by atoms with Crippen LogP contribution in [0.25, 0.3) is 0 Å². The number of aromatic nitrogens is 1. The second-order valence-electron chi connectivity index (χ2n) is 6.27. The van der Waals surface area contributed by atoms with Crippen molar-refractivity contribution in [2.45, 2.75) is 39.0 Å². The van der Waals surface area contributed by atoms with Gasteiger partial charge in [-0.05, 0) is 30.0 Å². The minimum Gasteiger partial charge on any atom is -0.326 e. The van der Waals surface area contributed by atoms with Crippen molar-refractivity contribution in [1.29, 1.82) is 0 Å². The highest BCUT2D eigenvalue weighted by molar-refractivity contribution is 7.14. The summed E-state index contributed by atoms with van der Waals surface area (Å²) in [6.07, 6.45) is 1.67. The van der Waals surface area contributed by atoms with Gasteiger partial charge in [0.25, 0.3) is 0 Å². The minimum atomic E-state index is -0.100. The molecule has 24 heavy (non-hydrogen) atoms. The van der Waals surface area contributed by atoms with E-state index in [2.05, 4.69) is 24.1 Å². The molecule has 1 fully saturated rings. The van der Waals surface area contributed by atoms with Gasteiger partial charge >= 0.3 is 0 Å². The van der Waals surface area contributed by atoms with Crippen molar-refractivity contribution in [3.8, 4) is 0 Å². The molecule has 2 heterocycles. The quantitative estimate of drug-likeness (QED) is 0.903. The number of rotatable bonds is 5. The summed E-state index contributed by atoms with van der Waals surface area (Å²) < 4.78 is 0. The first-order chi connectivity index (χ1) is 11.5. The normalized spacial score (nSPS) is 14.5. The van der Waals surface area contributed by atoms with Gasteiger partial charge in [0, 0.05) is 24.0 Å². The molecule has 126 valence electrons. The number of hydrogen-bond donors (Lipinski definition) is 1. The summed E-state index contributed by atoms with van der Waals surface area (Å²) in [5.74, 6) is 0.485. The predicted molar refractivity (Wildman–Crippen MR) is 96.6 cm³/mol. The third-order valence-electron chi connectivity index (χ3n) is 4.05. The van der Waals surface area contributed by atoms with E-state index in [4.69, 9.17) is 0 Å². The second kappa shape index (κ2) is 7.13. The fraction of sp³-hybridized carbons (Fsp3) is 0.389. The number of carbonyl (C=O) groups excluding carboxylic acids is 2. The lowest BCUT2D eigenvalue weighted by Crippen LogP contribution is -2.23. The smallest absolute Gasteiger partial charge is 0.230 e. The van der Waals surface area contributed by atoms with Crippen LogP contribution in [0, 0.1) is 0 Å². The minimum absolute atomic E-state index is 0.100. The molecule has 2 amide bonds. The Morgan fingerprint density at radius 3 is 2.71 bits per heavy atom. The van der Waals surface area contributed by atoms with Crippen LogP contribution in [0.1, 0.15) is 43.9 Å². The number of carbonyl (C=O) groups is 2. The fourth-order valence-electron chi connectivity index (χ4n) is 2.67. The van der Waals surface area contributed by atoms with Crippen LogP contribution in [0.4, 0.5) is 10.8 Å². The summed E-state index contributed by atoms with van der Waals surface area (Å²) in [6, 6.07) is 7.89. The van der Waals surface area contributed by atoms with Crippen LogP contribution in [0.2, 0.25) is 0 Å². The fourth-order valence-corrected chi connectivity index (χ4v) is 3.54. The Bertz CT molecular complexity index is 737. The molecule has 0 aliphatic carbocycles. The lowest BCUT2D eigenvalue weighted by atomic mass is 10.0. The van der Waals surface area contributed by atoms with E-state index in [1.807, 2.05) is 29.6 Å². The van der Waals surface area contributed by atoms with Crippen molar-refractivity contribution < 1.29 is 9.59 Å². The maximum atomic E-state index is 12.2. The highest BCUT2D eigenvalue weighted by atomic mass is 32.1. The molecule has 0 spiro atoms. The van der Waals surface area contributed by atoms with Crippen molar-refractivity contribution in [3.05, 3.63) is 40.9 Å². The standard InChI is InChI=1S/C18H21N3O2S/c1-12(2)13-5-7-14(8-6-13)19-16(22)10-15-11-24-18(20-15)21-9-3-4-17(21)23/h5-8,11-12H,3-4,9-10H2,1-2H3,(H,19,22). The molecule has 3 rings (SSSR count). The third kappa shape index (κ3) is 3.82. The van der Waals surface area contributed by atoms with Crippen LogP contribution in [-0.2, 0) is 16.0 Å². The highest BCUT2D eigenvalue weighted by Crippen LogP contribution is 2.25. The third-order valence-corrected chi connectivity index (χ3v) is 4.96. The topological polar surface area (TPSA) is 62.3 Å². The van der Waals surface area contributed by atoms with E-state index in [9.17, 15) is 9.59 Å². The molecule has 1 aliphatic heterocycles. The van der Waals surface area contributed by atoms with Crippen molar-refractivity contribution >= 4 is 34.0 Å². The monoisotopic (exact) mass is 343 g/mol. The summed E-state index contributed by atoms with van der Waals surface area (Å²) in [7, 11) is 0. The van der Waals surface area contributed by atoms with Gasteiger partial charge in [0.2, 0.25) is 11.8 Å². The summed E-state index contributed by atoms with van der Waals surface area (Å²) in [6.45, 7) is 5.00. The first kappa shape index (κ1) is 16.6. The van der Waals surface area contributed by atoms with E-state index >= 15 is 0 Å². The Morgan fingerprint density at radius 2 is 2.08 bits per heavy atom. The van der Waals surface area contributed by atoms with Gasteiger partial charge in [-0.15, -0.1) is 11.3 Å². The number of benzene rings is 1. The average molecular weight is 343 g/mol.